The van der Waals surface area contributed by atoms with Crippen molar-refractivity contribution in [2.24, 2.45) is 0 Å². The Morgan fingerprint density at radius 2 is 2.12 bits per heavy atom. The van der Waals surface area contributed by atoms with Crippen molar-refractivity contribution in [1.82, 2.24) is 0 Å². The van der Waals surface area contributed by atoms with E-state index in [4.69, 9.17) is 10.5 Å². The predicted molar refractivity (Wildman–Crippen MR) is 62.5 cm³/mol. The van der Waals surface area contributed by atoms with Crippen LogP contribution in [0.1, 0.15) is 10.4 Å². The number of carbonyl (C=O) groups excluding carboxylic acids is 1. The minimum atomic E-state index is -0.446. The lowest BCUT2D eigenvalue weighted by molar-refractivity contribution is -0.0124. The van der Waals surface area contributed by atoms with Crippen LogP contribution in [0.5, 0.6) is 0 Å². The van der Waals surface area contributed by atoms with Gasteiger partial charge in [0.05, 0.1) is 11.3 Å². The van der Waals surface area contributed by atoms with E-state index < -0.39 is 5.97 Å². The van der Waals surface area contributed by atoms with Crippen LogP contribution in [0, 0.1) is 0 Å². The van der Waals surface area contributed by atoms with Crippen molar-refractivity contribution < 1.29 is 14.3 Å². The van der Waals surface area contributed by atoms with Gasteiger partial charge in [0.15, 0.2) is 6.79 Å². The first kappa shape index (κ1) is 12.3. The van der Waals surface area contributed by atoms with Crippen molar-refractivity contribution in [3.63, 3.8) is 0 Å². The van der Waals surface area contributed by atoms with Gasteiger partial charge in [0.1, 0.15) is 0 Å². The SMILES string of the molecule is COCOC(=O)c1cc(N)ccc1N(C)C. The molecule has 1 aromatic carbocycles. The minimum Gasteiger partial charge on any atom is -0.435 e. The highest BCUT2D eigenvalue weighted by atomic mass is 16.7. The molecular weight excluding hydrogens is 208 g/mol. The van der Waals surface area contributed by atoms with Crippen LogP contribution in [-0.2, 0) is 9.47 Å². The van der Waals surface area contributed by atoms with E-state index in [1.54, 1.807) is 18.2 Å². The smallest absolute Gasteiger partial charge is 0.342 e. The number of hydrogen-bond acceptors (Lipinski definition) is 5. The first-order valence-corrected chi connectivity index (χ1v) is 4.79. The minimum absolute atomic E-state index is 0.0689. The van der Waals surface area contributed by atoms with Gasteiger partial charge in [0.25, 0.3) is 0 Å². The summed E-state index contributed by atoms with van der Waals surface area (Å²) < 4.78 is 9.56. The summed E-state index contributed by atoms with van der Waals surface area (Å²) in [4.78, 5) is 13.5. The van der Waals surface area contributed by atoms with Gasteiger partial charge in [-0.05, 0) is 18.2 Å². The topological polar surface area (TPSA) is 64.8 Å². The summed E-state index contributed by atoms with van der Waals surface area (Å²) in [6, 6.07) is 5.11. The Bertz CT molecular complexity index is 377. The summed E-state index contributed by atoms with van der Waals surface area (Å²) in [5.74, 6) is -0.446. The largest absolute Gasteiger partial charge is 0.435 e. The van der Waals surface area contributed by atoms with Crippen molar-refractivity contribution >= 4 is 17.3 Å². The standard InChI is InChI=1S/C11H16N2O3/c1-13(2)10-5-4-8(12)6-9(10)11(14)16-7-15-3/h4-6H,7,12H2,1-3H3. The number of methoxy groups -OCH3 is 1. The quantitative estimate of drug-likeness (QED) is 0.471. The molecule has 0 bridgehead atoms. The zero-order valence-corrected chi connectivity index (χ0v) is 9.69. The zero-order chi connectivity index (χ0) is 12.1. The van der Waals surface area contributed by atoms with Crippen LogP contribution in [0.3, 0.4) is 0 Å². The number of nitrogens with two attached hydrogens (primary N) is 1. The molecule has 1 aromatic rings. The van der Waals surface area contributed by atoms with E-state index in [0.717, 1.165) is 5.69 Å². The lowest BCUT2D eigenvalue weighted by Crippen LogP contribution is -2.16. The molecule has 0 heterocycles. The highest BCUT2D eigenvalue weighted by Crippen LogP contribution is 2.22. The third-order valence-corrected chi connectivity index (χ3v) is 2.03. The van der Waals surface area contributed by atoms with Gasteiger partial charge in [-0.15, -0.1) is 0 Å². The average molecular weight is 224 g/mol. The normalized spacial score (nSPS) is 9.94. The third-order valence-electron chi connectivity index (χ3n) is 2.03. The first-order chi connectivity index (χ1) is 7.56. The summed E-state index contributed by atoms with van der Waals surface area (Å²) in [6.07, 6.45) is 0. The maximum Gasteiger partial charge on any atom is 0.342 e. The Morgan fingerprint density at radius 1 is 1.44 bits per heavy atom. The Morgan fingerprint density at radius 3 is 2.69 bits per heavy atom. The fraction of sp³-hybridized carbons (Fsp3) is 0.364. The molecule has 0 aliphatic carbocycles. The third kappa shape index (κ3) is 2.87. The van der Waals surface area contributed by atoms with E-state index in [-0.39, 0.29) is 6.79 Å². The summed E-state index contributed by atoms with van der Waals surface area (Å²) in [7, 11) is 5.15. The molecule has 0 saturated heterocycles. The predicted octanol–water partition coefficient (Wildman–Crippen LogP) is 1.10. The van der Waals surface area contributed by atoms with Gasteiger partial charge in [-0.1, -0.05) is 0 Å². The van der Waals surface area contributed by atoms with Crippen molar-refractivity contribution in [3.8, 4) is 0 Å². The summed E-state index contributed by atoms with van der Waals surface area (Å²) in [5, 5.41) is 0. The number of rotatable bonds is 4. The Balaban J connectivity index is 3.00. The Hall–Kier alpha value is -1.75. The van der Waals surface area contributed by atoms with Gasteiger partial charge in [0.2, 0.25) is 0 Å². The van der Waals surface area contributed by atoms with Gasteiger partial charge >= 0.3 is 5.97 Å². The maximum atomic E-state index is 11.7. The van der Waals surface area contributed by atoms with Crippen LogP contribution in [0.2, 0.25) is 0 Å². The number of benzene rings is 1. The van der Waals surface area contributed by atoms with E-state index in [0.29, 0.717) is 11.3 Å². The first-order valence-electron chi connectivity index (χ1n) is 4.79. The molecule has 16 heavy (non-hydrogen) atoms. The van der Waals surface area contributed by atoms with Crippen molar-refractivity contribution in [1.29, 1.82) is 0 Å². The zero-order valence-electron chi connectivity index (χ0n) is 9.69. The molecule has 2 N–H and O–H groups in total. The molecule has 0 spiro atoms. The van der Waals surface area contributed by atoms with E-state index in [2.05, 4.69) is 4.74 Å². The molecule has 0 atom stereocenters. The second-order valence-corrected chi connectivity index (χ2v) is 3.51. The van der Waals surface area contributed by atoms with Gasteiger partial charge in [-0.25, -0.2) is 4.79 Å². The van der Waals surface area contributed by atoms with E-state index in [9.17, 15) is 4.79 Å². The molecule has 0 aliphatic rings. The van der Waals surface area contributed by atoms with Crippen molar-refractivity contribution in [2.75, 3.05) is 38.6 Å². The molecule has 0 unspecified atom stereocenters. The summed E-state index contributed by atoms with van der Waals surface area (Å²) in [6.45, 7) is -0.0689. The maximum absolute atomic E-state index is 11.7. The average Bonchev–Trinajstić information content (AvgIpc) is 2.25. The van der Waals surface area contributed by atoms with E-state index in [1.165, 1.54) is 7.11 Å². The molecule has 0 radical (unpaired) electrons. The molecule has 5 heteroatoms. The van der Waals surface area contributed by atoms with Crippen LogP contribution < -0.4 is 10.6 Å². The molecular formula is C11H16N2O3. The molecule has 0 aliphatic heterocycles. The summed E-state index contributed by atoms with van der Waals surface area (Å²) >= 11 is 0. The van der Waals surface area contributed by atoms with Crippen LogP contribution in [-0.4, -0.2) is 34.0 Å². The van der Waals surface area contributed by atoms with E-state index >= 15 is 0 Å². The van der Waals surface area contributed by atoms with Gasteiger partial charge in [0, 0.05) is 26.9 Å². The number of ether oxygens (including phenoxy) is 2. The van der Waals surface area contributed by atoms with Crippen LogP contribution >= 0.6 is 0 Å². The van der Waals surface area contributed by atoms with Gasteiger partial charge < -0.3 is 20.1 Å². The second-order valence-electron chi connectivity index (χ2n) is 3.51. The molecule has 0 aromatic heterocycles. The molecule has 0 amide bonds. The molecule has 88 valence electrons. The lowest BCUT2D eigenvalue weighted by atomic mass is 10.1. The van der Waals surface area contributed by atoms with E-state index in [1.807, 2.05) is 19.0 Å². The number of nitrogen functional groups attached to an aromatic ring is 1. The molecule has 1 rings (SSSR count). The van der Waals surface area contributed by atoms with Crippen LogP contribution in [0.15, 0.2) is 18.2 Å². The Kier molecular flexibility index (Phi) is 4.13. The second kappa shape index (κ2) is 5.37. The fourth-order valence-electron chi connectivity index (χ4n) is 1.30. The Labute approximate surface area is 94.7 Å². The summed E-state index contributed by atoms with van der Waals surface area (Å²) in [5.41, 5.74) is 7.35. The van der Waals surface area contributed by atoms with Crippen molar-refractivity contribution in [2.45, 2.75) is 0 Å². The van der Waals surface area contributed by atoms with Crippen LogP contribution in [0.25, 0.3) is 0 Å². The van der Waals surface area contributed by atoms with Gasteiger partial charge in [-0.2, -0.15) is 0 Å². The van der Waals surface area contributed by atoms with Crippen LogP contribution in [0.4, 0.5) is 11.4 Å². The number of hydrogen-bond donors (Lipinski definition) is 1. The van der Waals surface area contributed by atoms with Crippen molar-refractivity contribution in [3.05, 3.63) is 23.8 Å². The molecule has 0 fully saturated rings. The molecule has 5 nitrogen and oxygen atoms in total. The fourth-order valence-corrected chi connectivity index (χ4v) is 1.30. The molecule has 0 saturated carbocycles. The van der Waals surface area contributed by atoms with Gasteiger partial charge in [-0.3, -0.25) is 0 Å². The monoisotopic (exact) mass is 224 g/mol. The number of esters is 1. The number of anilines is 2. The number of carbonyl (C=O) groups is 1. The highest BCUT2D eigenvalue weighted by molar-refractivity contribution is 5.96. The highest BCUT2D eigenvalue weighted by Gasteiger charge is 2.14. The number of nitrogens with zero attached hydrogens (tertiary/aromatic N) is 1. The lowest BCUT2D eigenvalue weighted by Gasteiger charge is -2.16.